The minimum atomic E-state index is -0.531. The van der Waals surface area contributed by atoms with E-state index < -0.39 is 5.92 Å². The molecule has 176 valence electrons. The molecular weight excluding hydrogens is 472 g/mol. The minimum absolute atomic E-state index is 0.0513. The number of nitrogens with zero attached hydrogens (tertiary/aromatic N) is 1. The van der Waals surface area contributed by atoms with Crippen molar-refractivity contribution in [1.82, 2.24) is 5.32 Å². The molecule has 8 heteroatoms. The van der Waals surface area contributed by atoms with Crippen molar-refractivity contribution >= 4 is 29.1 Å². The molecule has 1 heterocycles. The lowest BCUT2D eigenvalue weighted by atomic mass is 9.76. The summed E-state index contributed by atoms with van der Waals surface area (Å²) >= 11 is 7.86. The molecule has 0 unspecified atom stereocenters. The number of thioether (sulfide) groups is 1. The van der Waals surface area contributed by atoms with E-state index in [1.807, 2.05) is 36.4 Å². The van der Waals surface area contributed by atoms with E-state index in [1.54, 1.807) is 21.3 Å². The molecule has 0 saturated heterocycles. The zero-order valence-electron chi connectivity index (χ0n) is 19.2. The van der Waals surface area contributed by atoms with E-state index in [1.165, 1.54) is 11.8 Å². The van der Waals surface area contributed by atoms with Gasteiger partial charge in [0.2, 0.25) is 5.75 Å². The number of halogens is 1. The zero-order chi connectivity index (χ0) is 24.2. The van der Waals surface area contributed by atoms with Gasteiger partial charge in [0.1, 0.15) is 0 Å². The van der Waals surface area contributed by atoms with Crippen LogP contribution < -0.4 is 19.5 Å². The van der Waals surface area contributed by atoms with Crippen LogP contribution >= 0.6 is 23.4 Å². The van der Waals surface area contributed by atoms with Gasteiger partial charge < -0.3 is 19.5 Å². The Morgan fingerprint density at radius 1 is 1.12 bits per heavy atom. The van der Waals surface area contributed by atoms with Gasteiger partial charge in [-0.25, -0.2) is 0 Å². The Morgan fingerprint density at radius 2 is 1.82 bits per heavy atom. The van der Waals surface area contributed by atoms with E-state index >= 15 is 0 Å². The number of benzene rings is 2. The molecule has 1 aliphatic carbocycles. The SMILES string of the molecule is COc1cc([C@@H]2C(C#N)=C(SCc3ccccc3Cl)NC3=C2C(=O)CCC3)cc(OC)c1OC. The molecule has 2 aromatic carbocycles. The van der Waals surface area contributed by atoms with Crippen molar-refractivity contribution in [1.29, 1.82) is 5.26 Å². The molecule has 0 aromatic heterocycles. The fourth-order valence-electron chi connectivity index (χ4n) is 4.40. The number of ketones is 1. The molecule has 2 aromatic rings. The quantitative estimate of drug-likeness (QED) is 0.524. The number of ether oxygens (including phenoxy) is 3. The van der Waals surface area contributed by atoms with Crippen LogP contribution in [0, 0.1) is 11.3 Å². The number of methoxy groups -OCH3 is 3. The summed E-state index contributed by atoms with van der Waals surface area (Å²) < 4.78 is 16.6. The van der Waals surface area contributed by atoms with Crippen LogP contribution in [0.1, 0.15) is 36.3 Å². The monoisotopic (exact) mass is 496 g/mol. The summed E-state index contributed by atoms with van der Waals surface area (Å²) in [6, 6.07) is 13.7. The molecule has 1 atom stereocenters. The lowest BCUT2D eigenvalue weighted by Crippen LogP contribution is -2.31. The van der Waals surface area contributed by atoms with E-state index in [2.05, 4.69) is 11.4 Å². The van der Waals surface area contributed by atoms with Crippen molar-refractivity contribution in [2.24, 2.45) is 0 Å². The normalized spacial score (nSPS) is 17.6. The van der Waals surface area contributed by atoms with E-state index in [-0.39, 0.29) is 5.78 Å². The summed E-state index contributed by atoms with van der Waals surface area (Å²) in [6.07, 6.45) is 1.98. The number of nitrogens with one attached hydrogen (secondary N) is 1. The van der Waals surface area contributed by atoms with Gasteiger partial charge in [-0.1, -0.05) is 29.8 Å². The maximum Gasteiger partial charge on any atom is 0.203 e. The first-order valence-electron chi connectivity index (χ1n) is 10.9. The van der Waals surface area contributed by atoms with Gasteiger partial charge in [0.25, 0.3) is 0 Å². The second kappa shape index (κ2) is 10.5. The number of dihydropyridines is 1. The van der Waals surface area contributed by atoms with Gasteiger partial charge in [0.15, 0.2) is 17.3 Å². The summed E-state index contributed by atoms with van der Waals surface area (Å²) in [4.78, 5) is 13.1. The van der Waals surface area contributed by atoms with E-state index in [4.69, 9.17) is 25.8 Å². The topological polar surface area (TPSA) is 80.6 Å². The minimum Gasteiger partial charge on any atom is -0.493 e. The maximum absolute atomic E-state index is 13.1. The Kier molecular flexibility index (Phi) is 7.40. The highest BCUT2D eigenvalue weighted by Gasteiger charge is 2.38. The Morgan fingerprint density at radius 3 is 2.44 bits per heavy atom. The zero-order valence-corrected chi connectivity index (χ0v) is 20.8. The number of hydrogen-bond acceptors (Lipinski definition) is 7. The van der Waals surface area contributed by atoms with Gasteiger partial charge in [-0.15, -0.1) is 11.8 Å². The third kappa shape index (κ3) is 4.48. The van der Waals surface area contributed by atoms with Crippen molar-refractivity contribution in [2.75, 3.05) is 21.3 Å². The number of Topliss-reactive ketones (excluding diaryl/α,β-unsaturated/α-hetero) is 1. The van der Waals surface area contributed by atoms with Gasteiger partial charge in [0.05, 0.1) is 43.9 Å². The lowest BCUT2D eigenvalue weighted by molar-refractivity contribution is -0.116. The molecule has 2 aliphatic rings. The smallest absolute Gasteiger partial charge is 0.203 e. The lowest BCUT2D eigenvalue weighted by Gasteiger charge is -2.33. The molecule has 1 aliphatic heterocycles. The Balaban J connectivity index is 1.84. The number of carbonyl (C=O) groups is 1. The molecular formula is C26H25ClN2O4S. The second-order valence-electron chi connectivity index (χ2n) is 7.92. The molecule has 0 spiro atoms. The van der Waals surface area contributed by atoms with Crippen LogP contribution in [-0.4, -0.2) is 27.1 Å². The van der Waals surface area contributed by atoms with Crippen molar-refractivity contribution in [3.63, 3.8) is 0 Å². The molecule has 0 fully saturated rings. The van der Waals surface area contributed by atoms with Crippen molar-refractivity contribution < 1.29 is 19.0 Å². The predicted octanol–water partition coefficient (Wildman–Crippen LogP) is 5.73. The third-order valence-corrected chi connectivity index (χ3v) is 7.45. The number of hydrogen-bond donors (Lipinski definition) is 1. The van der Waals surface area contributed by atoms with Gasteiger partial charge in [-0.2, -0.15) is 5.26 Å². The Bertz CT molecular complexity index is 1210. The first-order valence-corrected chi connectivity index (χ1v) is 12.2. The maximum atomic E-state index is 13.1. The van der Waals surface area contributed by atoms with Crippen LogP contribution in [0.5, 0.6) is 17.2 Å². The summed E-state index contributed by atoms with van der Waals surface area (Å²) in [5.74, 6) is 1.52. The summed E-state index contributed by atoms with van der Waals surface area (Å²) in [5, 5.41) is 15.1. The summed E-state index contributed by atoms with van der Waals surface area (Å²) in [5.41, 5.74) is 3.71. The molecule has 6 nitrogen and oxygen atoms in total. The van der Waals surface area contributed by atoms with Gasteiger partial charge >= 0.3 is 0 Å². The van der Waals surface area contributed by atoms with Crippen LogP contribution in [0.2, 0.25) is 5.02 Å². The fraction of sp³-hybridized carbons (Fsp3) is 0.308. The van der Waals surface area contributed by atoms with E-state index in [0.717, 1.165) is 34.7 Å². The van der Waals surface area contributed by atoms with Crippen molar-refractivity contribution in [2.45, 2.75) is 30.9 Å². The Hall–Kier alpha value is -3.08. The van der Waals surface area contributed by atoms with E-state index in [9.17, 15) is 10.1 Å². The molecule has 4 rings (SSSR count). The molecule has 0 amide bonds. The van der Waals surface area contributed by atoms with Crippen molar-refractivity contribution in [3.05, 3.63) is 74.4 Å². The number of rotatable bonds is 7. The van der Waals surface area contributed by atoms with Gasteiger partial charge in [-0.05, 0) is 42.2 Å². The number of nitriles is 1. The molecule has 0 bridgehead atoms. The highest BCUT2D eigenvalue weighted by atomic mass is 35.5. The highest BCUT2D eigenvalue weighted by molar-refractivity contribution is 8.02. The van der Waals surface area contributed by atoms with Crippen LogP contribution in [0.4, 0.5) is 0 Å². The first-order chi connectivity index (χ1) is 16.5. The Labute approximate surface area is 208 Å². The first kappa shape index (κ1) is 24.1. The average Bonchev–Trinajstić information content (AvgIpc) is 2.86. The van der Waals surface area contributed by atoms with Gasteiger partial charge in [0, 0.05) is 28.5 Å². The third-order valence-electron chi connectivity index (χ3n) is 6.01. The average molecular weight is 497 g/mol. The fourth-order valence-corrected chi connectivity index (χ4v) is 5.75. The van der Waals surface area contributed by atoms with E-state index in [0.29, 0.717) is 45.6 Å². The number of allylic oxidation sites excluding steroid dienone is 3. The van der Waals surface area contributed by atoms with Gasteiger partial charge in [-0.3, -0.25) is 4.79 Å². The van der Waals surface area contributed by atoms with Crippen LogP contribution in [0.3, 0.4) is 0 Å². The standard InChI is InChI=1S/C26H25ClN2O4S/c1-31-21-11-16(12-22(32-2)25(21)33-3)23-17(13-28)26(29-19-9-6-10-20(30)24(19)23)34-14-15-7-4-5-8-18(15)27/h4-5,7-8,11-12,23,29H,6,9-10,14H2,1-3H3/t23-/m1/s1. The molecule has 1 N–H and O–H groups in total. The highest BCUT2D eigenvalue weighted by Crippen LogP contribution is 2.48. The number of carbonyl (C=O) groups excluding carboxylic acids is 1. The van der Waals surface area contributed by atoms with Crippen LogP contribution in [0.15, 0.2) is 58.3 Å². The summed E-state index contributed by atoms with van der Waals surface area (Å²) in [7, 11) is 4.64. The van der Waals surface area contributed by atoms with Crippen LogP contribution in [-0.2, 0) is 10.5 Å². The largest absolute Gasteiger partial charge is 0.493 e. The predicted molar refractivity (Wildman–Crippen MR) is 133 cm³/mol. The molecule has 0 saturated carbocycles. The summed E-state index contributed by atoms with van der Waals surface area (Å²) in [6.45, 7) is 0. The second-order valence-corrected chi connectivity index (χ2v) is 9.31. The molecule has 34 heavy (non-hydrogen) atoms. The molecule has 0 radical (unpaired) electrons. The van der Waals surface area contributed by atoms with Crippen LogP contribution in [0.25, 0.3) is 0 Å². The van der Waals surface area contributed by atoms with Crippen molar-refractivity contribution in [3.8, 4) is 23.3 Å².